The van der Waals surface area contributed by atoms with Crippen molar-refractivity contribution in [2.75, 3.05) is 19.6 Å². The molecule has 86 valence electrons. The van der Waals surface area contributed by atoms with Gasteiger partial charge < -0.3 is 5.32 Å². The molecule has 0 unspecified atom stereocenters. The Kier molecular flexibility index (Phi) is 2.13. The third-order valence-electron chi connectivity index (χ3n) is 3.72. The Bertz CT molecular complexity index is 358. The molecule has 0 atom stereocenters. The molecular formula is C10H18N2O2S. The van der Waals surface area contributed by atoms with Gasteiger partial charge in [-0.1, -0.05) is 0 Å². The molecule has 0 amide bonds. The molecule has 3 fully saturated rings. The highest BCUT2D eigenvalue weighted by atomic mass is 32.2. The number of hydrogen-bond donors (Lipinski definition) is 1. The normalized spacial score (nSPS) is 31.5. The van der Waals surface area contributed by atoms with Crippen LogP contribution >= 0.6 is 0 Å². The van der Waals surface area contributed by atoms with Gasteiger partial charge >= 0.3 is 0 Å². The van der Waals surface area contributed by atoms with Gasteiger partial charge in [-0.2, -0.15) is 4.31 Å². The third kappa shape index (κ3) is 1.81. The van der Waals surface area contributed by atoms with Crippen LogP contribution in [-0.2, 0) is 10.0 Å². The van der Waals surface area contributed by atoms with Crippen LogP contribution in [0.3, 0.4) is 0 Å². The van der Waals surface area contributed by atoms with Crippen LogP contribution in [-0.4, -0.2) is 43.1 Å². The van der Waals surface area contributed by atoms with E-state index in [1.807, 2.05) is 0 Å². The van der Waals surface area contributed by atoms with Gasteiger partial charge in [-0.15, -0.1) is 0 Å². The maximum absolute atomic E-state index is 12.1. The molecule has 0 radical (unpaired) electrons. The summed E-state index contributed by atoms with van der Waals surface area (Å²) < 4.78 is 26.0. The van der Waals surface area contributed by atoms with Crippen molar-refractivity contribution in [3.05, 3.63) is 0 Å². The van der Waals surface area contributed by atoms with Crippen LogP contribution in [0.1, 0.15) is 32.1 Å². The molecule has 2 saturated carbocycles. The van der Waals surface area contributed by atoms with Crippen molar-refractivity contribution in [2.24, 2.45) is 0 Å². The summed E-state index contributed by atoms with van der Waals surface area (Å²) in [6.07, 6.45) is 4.99. The number of nitrogens with zero attached hydrogens (tertiary/aromatic N) is 1. The Morgan fingerprint density at radius 3 is 2.60 bits per heavy atom. The predicted molar refractivity (Wildman–Crippen MR) is 58.1 cm³/mol. The summed E-state index contributed by atoms with van der Waals surface area (Å²) >= 11 is 0. The fraction of sp³-hybridized carbons (Fsp3) is 1.00. The summed E-state index contributed by atoms with van der Waals surface area (Å²) in [5.41, 5.74) is 0.151. The van der Waals surface area contributed by atoms with Crippen LogP contribution < -0.4 is 5.32 Å². The van der Waals surface area contributed by atoms with Crippen molar-refractivity contribution in [1.82, 2.24) is 9.62 Å². The fourth-order valence-electron chi connectivity index (χ4n) is 2.36. The van der Waals surface area contributed by atoms with Gasteiger partial charge in [0, 0.05) is 18.6 Å². The first-order chi connectivity index (χ1) is 7.12. The van der Waals surface area contributed by atoms with Crippen LogP contribution in [0.25, 0.3) is 0 Å². The van der Waals surface area contributed by atoms with E-state index in [0.29, 0.717) is 13.1 Å². The van der Waals surface area contributed by atoms with Gasteiger partial charge in [0.05, 0.1) is 5.25 Å². The molecule has 2 aliphatic carbocycles. The average Bonchev–Trinajstić information content (AvgIpc) is 3.02. The number of hydrogen-bond acceptors (Lipinski definition) is 3. The van der Waals surface area contributed by atoms with E-state index in [0.717, 1.165) is 38.6 Å². The minimum absolute atomic E-state index is 0.0496. The van der Waals surface area contributed by atoms with E-state index in [1.54, 1.807) is 4.31 Å². The van der Waals surface area contributed by atoms with Crippen molar-refractivity contribution in [3.8, 4) is 0 Å². The molecule has 0 bridgehead atoms. The monoisotopic (exact) mass is 230 g/mol. The largest absolute Gasteiger partial charge is 0.310 e. The Morgan fingerprint density at radius 1 is 1.27 bits per heavy atom. The Balaban J connectivity index is 1.79. The highest BCUT2D eigenvalue weighted by Gasteiger charge is 2.49. The Morgan fingerprint density at radius 2 is 2.00 bits per heavy atom. The predicted octanol–water partition coefficient (Wildman–Crippen LogP) is 0.307. The molecular weight excluding hydrogens is 212 g/mol. The second-order valence-corrected chi connectivity index (χ2v) is 7.35. The smallest absolute Gasteiger partial charge is 0.217 e. The Labute approximate surface area is 91.1 Å². The molecule has 4 nitrogen and oxygen atoms in total. The van der Waals surface area contributed by atoms with Gasteiger partial charge in [0.15, 0.2) is 0 Å². The van der Waals surface area contributed by atoms with E-state index >= 15 is 0 Å². The highest BCUT2D eigenvalue weighted by Crippen LogP contribution is 2.40. The molecule has 15 heavy (non-hydrogen) atoms. The lowest BCUT2D eigenvalue weighted by Gasteiger charge is -2.23. The van der Waals surface area contributed by atoms with Gasteiger partial charge in [-0.25, -0.2) is 8.42 Å². The van der Waals surface area contributed by atoms with Crippen molar-refractivity contribution in [2.45, 2.75) is 42.9 Å². The van der Waals surface area contributed by atoms with E-state index in [2.05, 4.69) is 5.32 Å². The van der Waals surface area contributed by atoms with Gasteiger partial charge in [-0.3, -0.25) is 0 Å². The lowest BCUT2D eigenvalue weighted by molar-refractivity contribution is 0.383. The molecule has 1 N–H and O–H groups in total. The van der Waals surface area contributed by atoms with Crippen molar-refractivity contribution < 1.29 is 8.42 Å². The first kappa shape index (κ1) is 10.1. The van der Waals surface area contributed by atoms with Gasteiger partial charge in [0.25, 0.3) is 0 Å². The van der Waals surface area contributed by atoms with Gasteiger partial charge in [0.2, 0.25) is 10.0 Å². The van der Waals surface area contributed by atoms with Crippen LogP contribution in [0, 0.1) is 0 Å². The van der Waals surface area contributed by atoms with Crippen molar-refractivity contribution in [1.29, 1.82) is 0 Å². The van der Waals surface area contributed by atoms with Crippen LogP contribution in [0.15, 0.2) is 0 Å². The third-order valence-corrected chi connectivity index (χ3v) is 6.07. The Hall–Kier alpha value is -0.130. The average molecular weight is 230 g/mol. The minimum Gasteiger partial charge on any atom is -0.310 e. The van der Waals surface area contributed by atoms with E-state index in [1.165, 1.54) is 0 Å². The van der Waals surface area contributed by atoms with E-state index < -0.39 is 10.0 Å². The number of rotatable bonds is 2. The first-order valence-electron chi connectivity index (χ1n) is 5.86. The summed E-state index contributed by atoms with van der Waals surface area (Å²) in [6.45, 7) is 2.40. The topological polar surface area (TPSA) is 49.4 Å². The molecule has 0 aromatic rings. The fourth-order valence-corrected chi connectivity index (χ4v) is 4.33. The lowest BCUT2D eigenvalue weighted by Crippen LogP contribution is -2.43. The maximum atomic E-state index is 12.1. The zero-order chi connectivity index (χ0) is 10.5. The zero-order valence-corrected chi connectivity index (χ0v) is 9.72. The molecule has 1 saturated heterocycles. The standard InChI is InChI=1S/C10H18N2O2S/c13-15(14,9-2-3-9)12-7-1-6-11-10(8-12)4-5-10/h9,11H,1-8H2. The molecule has 3 rings (SSSR count). The summed E-state index contributed by atoms with van der Waals surface area (Å²) in [7, 11) is -2.95. The second kappa shape index (κ2) is 3.18. The molecule has 1 aliphatic heterocycles. The van der Waals surface area contributed by atoms with Crippen molar-refractivity contribution >= 4 is 10.0 Å². The van der Waals surface area contributed by atoms with Gasteiger partial charge in [-0.05, 0) is 38.6 Å². The minimum atomic E-state index is -2.95. The molecule has 1 spiro atoms. The summed E-state index contributed by atoms with van der Waals surface area (Å²) in [5.74, 6) is 0. The van der Waals surface area contributed by atoms with Gasteiger partial charge in [0.1, 0.15) is 0 Å². The molecule has 5 heteroatoms. The van der Waals surface area contributed by atoms with Crippen LogP contribution in [0.4, 0.5) is 0 Å². The first-order valence-corrected chi connectivity index (χ1v) is 7.37. The molecule has 0 aromatic heterocycles. The van der Waals surface area contributed by atoms with Crippen molar-refractivity contribution in [3.63, 3.8) is 0 Å². The van der Waals surface area contributed by atoms with Crippen LogP contribution in [0.5, 0.6) is 0 Å². The summed E-state index contributed by atoms with van der Waals surface area (Å²) in [6, 6.07) is 0. The molecule has 1 heterocycles. The highest BCUT2D eigenvalue weighted by molar-refractivity contribution is 7.90. The summed E-state index contributed by atoms with van der Waals surface area (Å²) in [5, 5.41) is 3.44. The number of nitrogens with one attached hydrogen (secondary N) is 1. The second-order valence-electron chi connectivity index (χ2n) is 5.14. The zero-order valence-electron chi connectivity index (χ0n) is 8.91. The maximum Gasteiger partial charge on any atom is 0.217 e. The van der Waals surface area contributed by atoms with E-state index in [-0.39, 0.29) is 10.8 Å². The lowest BCUT2D eigenvalue weighted by atomic mass is 10.3. The quantitative estimate of drug-likeness (QED) is 0.742. The molecule has 3 aliphatic rings. The van der Waals surface area contributed by atoms with E-state index in [4.69, 9.17) is 0 Å². The summed E-state index contributed by atoms with van der Waals surface area (Å²) in [4.78, 5) is 0. The van der Waals surface area contributed by atoms with E-state index in [9.17, 15) is 8.42 Å². The van der Waals surface area contributed by atoms with Crippen LogP contribution in [0.2, 0.25) is 0 Å². The number of sulfonamides is 1. The molecule has 0 aromatic carbocycles. The SMILES string of the molecule is O=S(=O)(C1CC1)N1CCCNC2(CC2)C1.